The van der Waals surface area contributed by atoms with Crippen molar-refractivity contribution in [1.29, 1.82) is 0 Å². The zero-order chi connectivity index (χ0) is 11.5. The molecule has 0 fully saturated rings. The number of hydrogen-bond donors (Lipinski definition) is 1. The van der Waals surface area contributed by atoms with Crippen molar-refractivity contribution >= 4 is 28.8 Å². The van der Waals surface area contributed by atoms with E-state index in [9.17, 15) is 0 Å². The number of halogens is 1. The summed E-state index contributed by atoms with van der Waals surface area (Å²) in [7, 11) is 0. The molecule has 0 atom stereocenters. The topological polar surface area (TPSA) is 58.4 Å². The van der Waals surface area contributed by atoms with Gasteiger partial charge in [-0.15, -0.1) is 5.10 Å². The van der Waals surface area contributed by atoms with Crippen LogP contribution in [0.4, 0.5) is 0 Å². The molecular formula is C10H8ClN3OS. The maximum Gasteiger partial charge on any atom is 0.138 e. The Bertz CT molecular complexity index is 521. The lowest BCUT2D eigenvalue weighted by molar-refractivity contribution is 0.319. The molecule has 4 nitrogen and oxygen atoms in total. The highest BCUT2D eigenvalue weighted by atomic mass is 35.5. The minimum Gasteiger partial charge on any atom is -0.410 e. The van der Waals surface area contributed by atoms with Gasteiger partial charge >= 0.3 is 0 Å². The van der Waals surface area contributed by atoms with Crippen LogP contribution in [0.1, 0.15) is 16.1 Å². The van der Waals surface area contributed by atoms with E-state index in [-0.39, 0.29) is 0 Å². The number of rotatable bonds is 2. The van der Waals surface area contributed by atoms with Crippen LogP contribution in [0.2, 0.25) is 5.02 Å². The average Bonchev–Trinajstić information content (AvgIpc) is 2.69. The van der Waals surface area contributed by atoms with Gasteiger partial charge in [0.05, 0.1) is 4.88 Å². The molecule has 6 heteroatoms. The molecule has 1 N–H and O–H groups in total. The van der Waals surface area contributed by atoms with Crippen molar-refractivity contribution < 1.29 is 5.21 Å². The van der Waals surface area contributed by atoms with Gasteiger partial charge in [-0.1, -0.05) is 33.4 Å². The molecule has 0 aliphatic heterocycles. The summed E-state index contributed by atoms with van der Waals surface area (Å²) in [6, 6.07) is 7.01. The van der Waals surface area contributed by atoms with Crippen LogP contribution in [0.25, 0.3) is 0 Å². The molecule has 0 amide bonds. The van der Waals surface area contributed by atoms with Gasteiger partial charge in [-0.2, -0.15) is 0 Å². The van der Waals surface area contributed by atoms with Gasteiger partial charge in [0.1, 0.15) is 11.4 Å². The van der Waals surface area contributed by atoms with Crippen LogP contribution in [-0.2, 0) is 0 Å². The molecule has 0 saturated heterocycles. The number of oxime groups is 1. The van der Waals surface area contributed by atoms with E-state index in [0.717, 1.165) is 10.4 Å². The summed E-state index contributed by atoms with van der Waals surface area (Å²) in [6.45, 7) is 1.88. The minimum absolute atomic E-state index is 0.405. The third kappa shape index (κ3) is 2.05. The van der Waals surface area contributed by atoms with E-state index in [1.807, 2.05) is 6.92 Å². The second-order valence-corrected chi connectivity index (χ2v) is 4.53. The Morgan fingerprint density at radius 1 is 1.38 bits per heavy atom. The van der Waals surface area contributed by atoms with Crippen LogP contribution in [-0.4, -0.2) is 20.5 Å². The lowest BCUT2D eigenvalue weighted by Gasteiger charge is -2.01. The van der Waals surface area contributed by atoms with Gasteiger partial charge in [-0.05, 0) is 30.6 Å². The number of hydrogen-bond acceptors (Lipinski definition) is 5. The molecule has 0 bridgehead atoms. The Morgan fingerprint density at radius 2 is 2.06 bits per heavy atom. The first kappa shape index (κ1) is 11.0. The van der Waals surface area contributed by atoms with E-state index in [1.54, 1.807) is 24.3 Å². The summed E-state index contributed by atoms with van der Waals surface area (Å²) in [5.74, 6) is 0. The Kier molecular flexibility index (Phi) is 3.17. The number of aromatic nitrogens is 2. The first-order valence-corrected chi connectivity index (χ1v) is 5.65. The maximum atomic E-state index is 9.04. The second kappa shape index (κ2) is 4.59. The van der Waals surface area contributed by atoms with Crippen molar-refractivity contribution in [2.24, 2.45) is 5.16 Å². The molecule has 0 aliphatic rings. The molecular weight excluding hydrogens is 246 g/mol. The van der Waals surface area contributed by atoms with Crippen LogP contribution >= 0.6 is 23.1 Å². The summed E-state index contributed by atoms with van der Waals surface area (Å²) in [4.78, 5) is 0.905. The van der Waals surface area contributed by atoms with E-state index in [0.29, 0.717) is 16.4 Å². The highest BCUT2D eigenvalue weighted by Gasteiger charge is 2.14. The Labute approximate surface area is 101 Å². The summed E-state index contributed by atoms with van der Waals surface area (Å²) < 4.78 is 3.81. The molecule has 1 heterocycles. The van der Waals surface area contributed by atoms with Crippen molar-refractivity contribution in [3.63, 3.8) is 0 Å². The lowest BCUT2D eigenvalue weighted by atomic mass is 10.1. The zero-order valence-electron chi connectivity index (χ0n) is 8.38. The fourth-order valence-corrected chi connectivity index (χ4v) is 1.89. The van der Waals surface area contributed by atoms with E-state index in [2.05, 4.69) is 14.7 Å². The fraction of sp³-hybridized carbons (Fsp3) is 0.100. The Morgan fingerprint density at radius 3 is 2.56 bits per heavy atom. The minimum atomic E-state index is 0.405. The summed E-state index contributed by atoms with van der Waals surface area (Å²) in [6.07, 6.45) is 0. The van der Waals surface area contributed by atoms with Crippen LogP contribution in [0, 0.1) is 6.92 Å². The van der Waals surface area contributed by atoms with Crippen LogP contribution in [0.3, 0.4) is 0 Å². The van der Waals surface area contributed by atoms with Crippen molar-refractivity contribution in [3.8, 4) is 0 Å². The first-order chi connectivity index (χ1) is 7.72. The van der Waals surface area contributed by atoms with Gasteiger partial charge in [0.25, 0.3) is 0 Å². The van der Waals surface area contributed by atoms with E-state index in [1.165, 1.54) is 11.5 Å². The highest BCUT2D eigenvalue weighted by molar-refractivity contribution is 7.05. The molecule has 0 aliphatic carbocycles. The van der Waals surface area contributed by atoms with Gasteiger partial charge in [0, 0.05) is 10.6 Å². The molecule has 16 heavy (non-hydrogen) atoms. The third-order valence-corrected chi connectivity index (χ3v) is 2.98. The average molecular weight is 254 g/mol. The largest absolute Gasteiger partial charge is 0.410 e. The fourth-order valence-electron chi connectivity index (χ4n) is 1.30. The first-order valence-electron chi connectivity index (χ1n) is 4.49. The van der Waals surface area contributed by atoms with Gasteiger partial charge in [-0.3, -0.25) is 0 Å². The second-order valence-electron chi connectivity index (χ2n) is 3.13. The molecule has 2 aromatic rings. The third-order valence-electron chi connectivity index (χ3n) is 2.09. The van der Waals surface area contributed by atoms with Crippen molar-refractivity contribution in [2.45, 2.75) is 6.92 Å². The number of aryl methyl sites for hydroxylation is 1. The summed E-state index contributed by atoms with van der Waals surface area (Å²) in [5.41, 5.74) is 1.75. The van der Waals surface area contributed by atoms with Crippen molar-refractivity contribution in [1.82, 2.24) is 9.59 Å². The predicted molar refractivity (Wildman–Crippen MR) is 63.5 cm³/mol. The van der Waals surface area contributed by atoms with Gasteiger partial charge in [0.15, 0.2) is 0 Å². The highest BCUT2D eigenvalue weighted by Crippen LogP contribution is 2.17. The van der Waals surface area contributed by atoms with E-state index < -0.39 is 0 Å². The Hall–Kier alpha value is -1.46. The number of nitrogens with zero attached hydrogens (tertiary/aromatic N) is 3. The lowest BCUT2D eigenvalue weighted by Crippen LogP contribution is -2.05. The van der Waals surface area contributed by atoms with Gasteiger partial charge in [0.2, 0.25) is 0 Å². The van der Waals surface area contributed by atoms with Gasteiger partial charge in [-0.25, -0.2) is 0 Å². The zero-order valence-corrected chi connectivity index (χ0v) is 9.96. The van der Waals surface area contributed by atoms with E-state index >= 15 is 0 Å². The molecule has 2 rings (SSSR count). The summed E-state index contributed by atoms with van der Waals surface area (Å²) in [5, 5.41) is 16.9. The quantitative estimate of drug-likeness (QED) is 0.509. The Balaban J connectivity index is 2.46. The molecule has 1 aromatic carbocycles. The standard InChI is InChI=1S/C10H8ClN3OS/c1-6-9(12-14-16-6)10(13-15)7-2-4-8(11)5-3-7/h2-5,15H,1H3. The molecule has 0 unspecified atom stereocenters. The predicted octanol–water partition coefficient (Wildman–Crippen LogP) is 2.73. The maximum absolute atomic E-state index is 9.04. The molecule has 1 aromatic heterocycles. The van der Waals surface area contributed by atoms with Crippen LogP contribution in [0.15, 0.2) is 29.4 Å². The van der Waals surface area contributed by atoms with Gasteiger partial charge < -0.3 is 5.21 Å². The van der Waals surface area contributed by atoms with Crippen LogP contribution < -0.4 is 0 Å². The molecule has 82 valence electrons. The number of benzene rings is 1. The van der Waals surface area contributed by atoms with Crippen molar-refractivity contribution in [2.75, 3.05) is 0 Å². The normalized spacial score (nSPS) is 11.8. The van der Waals surface area contributed by atoms with Crippen molar-refractivity contribution in [3.05, 3.63) is 45.4 Å². The summed E-state index contributed by atoms with van der Waals surface area (Å²) >= 11 is 7.05. The SMILES string of the molecule is Cc1snnc1C(=NO)c1ccc(Cl)cc1. The smallest absolute Gasteiger partial charge is 0.138 e. The molecule has 0 radical (unpaired) electrons. The van der Waals surface area contributed by atoms with E-state index in [4.69, 9.17) is 16.8 Å². The monoisotopic (exact) mass is 253 g/mol. The van der Waals surface area contributed by atoms with Crippen LogP contribution in [0.5, 0.6) is 0 Å². The molecule has 0 spiro atoms. The molecule has 0 saturated carbocycles.